The van der Waals surface area contributed by atoms with Gasteiger partial charge < -0.3 is 0 Å². The number of rotatable bonds is 0. The molecule has 2 rings (SSSR count). The van der Waals surface area contributed by atoms with E-state index < -0.39 is 0 Å². The molecule has 1 aromatic heterocycles. The smallest absolute Gasteiger partial charge is 0.132 e. The molecule has 0 saturated carbocycles. The molecule has 13 heavy (non-hydrogen) atoms. The Morgan fingerprint density at radius 2 is 1.92 bits per heavy atom. The number of hydrogen-bond donors (Lipinski definition) is 0. The van der Waals surface area contributed by atoms with Gasteiger partial charge in [0.15, 0.2) is 0 Å². The third kappa shape index (κ3) is 2.07. The van der Waals surface area contributed by atoms with Crippen LogP contribution < -0.4 is 0 Å². The number of aryl methyl sites for hydroxylation is 1. The molecule has 0 spiro atoms. The SMILES string of the molecule is CC.Cc1cc(F)c2ccsc2c1. The number of fused-ring (bicyclic) bond motifs is 1. The van der Waals surface area contributed by atoms with E-state index in [1.165, 1.54) is 0 Å². The first-order chi connectivity index (χ1) is 6.27. The van der Waals surface area contributed by atoms with Crippen molar-refractivity contribution in [2.24, 2.45) is 0 Å². The predicted octanol–water partition coefficient (Wildman–Crippen LogP) is 4.38. The molecule has 0 saturated heterocycles. The second-order valence-electron chi connectivity index (χ2n) is 2.58. The lowest BCUT2D eigenvalue weighted by atomic mass is 10.2. The Bertz CT molecular complexity index is 390. The van der Waals surface area contributed by atoms with Crippen LogP contribution in [0.1, 0.15) is 19.4 Å². The minimum Gasteiger partial charge on any atom is -0.206 e. The van der Waals surface area contributed by atoms with Gasteiger partial charge in [-0.3, -0.25) is 0 Å². The van der Waals surface area contributed by atoms with Crippen molar-refractivity contribution in [2.45, 2.75) is 20.8 Å². The Labute approximate surface area is 82.0 Å². The molecule has 0 fully saturated rings. The second-order valence-corrected chi connectivity index (χ2v) is 3.53. The average molecular weight is 196 g/mol. The molecule has 1 heterocycles. The Kier molecular flexibility index (Phi) is 3.43. The van der Waals surface area contributed by atoms with Crippen LogP contribution in [0.25, 0.3) is 10.1 Å². The van der Waals surface area contributed by atoms with E-state index in [1.807, 2.05) is 38.3 Å². The molecule has 0 bridgehead atoms. The first kappa shape index (κ1) is 10.2. The quantitative estimate of drug-likeness (QED) is 0.586. The van der Waals surface area contributed by atoms with Crippen molar-refractivity contribution in [2.75, 3.05) is 0 Å². The molecular formula is C11H13FS. The number of halogens is 1. The minimum absolute atomic E-state index is 0.110. The summed E-state index contributed by atoms with van der Waals surface area (Å²) in [5.74, 6) is -0.110. The van der Waals surface area contributed by atoms with E-state index in [-0.39, 0.29) is 5.82 Å². The van der Waals surface area contributed by atoms with E-state index >= 15 is 0 Å². The van der Waals surface area contributed by atoms with Crippen LogP contribution in [0.5, 0.6) is 0 Å². The van der Waals surface area contributed by atoms with Crippen molar-refractivity contribution < 1.29 is 4.39 Å². The summed E-state index contributed by atoms with van der Waals surface area (Å²) >= 11 is 1.58. The Morgan fingerprint density at radius 1 is 1.23 bits per heavy atom. The standard InChI is InChI=1S/C9H7FS.C2H6/c1-6-4-8(10)7-2-3-11-9(7)5-6;1-2/h2-5H,1H3;1-2H3. The van der Waals surface area contributed by atoms with Gasteiger partial charge in [-0.2, -0.15) is 0 Å². The summed E-state index contributed by atoms with van der Waals surface area (Å²) in [6, 6.07) is 5.38. The normalized spacial score (nSPS) is 9.54. The van der Waals surface area contributed by atoms with E-state index in [0.29, 0.717) is 0 Å². The molecule has 0 unspecified atom stereocenters. The number of thiophene rings is 1. The van der Waals surface area contributed by atoms with Crippen LogP contribution in [0.2, 0.25) is 0 Å². The number of benzene rings is 1. The van der Waals surface area contributed by atoms with Crippen molar-refractivity contribution in [3.63, 3.8) is 0 Å². The van der Waals surface area contributed by atoms with Gasteiger partial charge >= 0.3 is 0 Å². The van der Waals surface area contributed by atoms with Gasteiger partial charge in [-0.25, -0.2) is 4.39 Å². The van der Waals surface area contributed by atoms with Gasteiger partial charge in [0.2, 0.25) is 0 Å². The third-order valence-corrected chi connectivity index (χ3v) is 2.53. The minimum atomic E-state index is -0.110. The van der Waals surface area contributed by atoms with Crippen LogP contribution >= 0.6 is 11.3 Å². The summed E-state index contributed by atoms with van der Waals surface area (Å²) in [7, 11) is 0. The topological polar surface area (TPSA) is 0 Å². The maximum atomic E-state index is 13.1. The summed E-state index contributed by atoms with van der Waals surface area (Å²) in [4.78, 5) is 0. The van der Waals surface area contributed by atoms with Crippen LogP contribution in [0, 0.1) is 12.7 Å². The van der Waals surface area contributed by atoms with Gasteiger partial charge in [-0.1, -0.05) is 13.8 Å². The highest BCUT2D eigenvalue weighted by atomic mass is 32.1. The van der Waals surface area contributed by atoms with Crippen LogP contribution in [-0.4, -0.2) is 0 Å². The number of hydrogen-bond acceptors (Lipinski definition) is 1. The highest BCUT2D eigenvalue weighted by molar-refractivity contribution is 7.17. The van der Waals surface area contributed by atoms with Gasteiger partial charge in [0.1, 0.15) is 5.82 Å². The Hall–Kier alpha value is -0.890. The van der Waals surface area contributed by atoms with E-state index in [0.717, 1.165) is 15.6 Å². The molecule has 70 valence electrons. The van der Waals surface area contributed by atoms with Crippen LogP contribution in [0.15, 0.2) is 23.6 Å². The lowest BCUT2D eigenvalue weighted by molar-refractivity contribution is 0.639. The molecule has 0 aliphatic heterocycles. The summed E-state index contributed by atoms with van der Waals surface area (Å²) < 4.78 is 14.1. The highest BCUT2D eigenvalue weighted by Gasteiger charge is 2.01. The molecule has 0 nitrogen and oxygen atoms in total. The molecule has 0 atom stereocenters. The summed E-state index contributed by atoms with van der Waals surface area (Å²) in [5, 5.41) is 2.65. The van der Waals surface area contributed by atoms with Crippen molar-refractivity contribution in [1.29, 1.82) is 0 Å². The summed E-state index contributed by atoms with van der Waals surface area (Å²) in [6.07, 6.45) is 0. The summed E-state index contributed by atoms with van der Waals surface area (Å²) in [5.41, 5.74) is 0.984. The van der Waals surface area contributed by atoms with E-state index in [2.05, 4.69) is 0 Å². The molecule has 0 amide bonds. The molecule has 2 heteroatoms. The zero-order chi connectivity index (χ0) is 9.84. The van der Waals surface area contributed by atoms with E-state index in [4.69, 9.17) is 0 Å². The zero-order valence-corrected chi connectivity index (χ0v) is 8.91. The van der Waals surface area contributed by atoms with Crippen molar-refractivity contribution in [3.8, 4) is 0 Å². The first-order valence-corrected chi connectivity index (χ1v) is 5.29. The van der Waals surface area contributed by atoms with Crippen molar-refractivity contribution in [1.82, 2.24) is 0 Å². The van der Waals surface area contributed by atoms with Crippen LogP contribution in [-0.2, 0) is 0 Å². The van der Waals surface area contributed by atoms with Crippen molar-refractivity contribution in [3.05, 3.63) is 35.0 Å². The fraction of sp³-hybridized carbons (Fsp3) is 0.273. The molecule has 2 aromatic rings. The molecule has 1 aromatic carbocycles. The Morgan fingerprint density at radius 3 is 2.62 bits per heavy atom. The van der Waals surface area contributed by atoms with Crippen LogP contribution in [0.4, 0.5) is 4.39 Å². The molecular weight excluding hydrogens is 183 g/mol. The van der Waals surface area contributed by atoms with Gasteiger partial charge in [-0.15, -0.1) is 11.3 Å². The lowest BCUT2D eigenvalue weighted by Crippen LogP contribution is -1.76. The second kappa shape index (κ2) is 4.38. The zero-order valence-electron chi connectivity index (χ0n) is 8.10. The fourth-order valence-electron chi connectivity index (χ4n) is 1.16. The summed E-state index contributed by atoms with van der Waals surface area (Å²) in [6.45, 7) is 5.90. The van der Waals surface area contributed by atoms with E-state index in [1.54, 1.807) is 17.4 Å². The monoisotopic (exact) mass is 196 g/mol. The van der Waals surface area contributed by atoms with Crippen molar-refractivity contribution >= 4 is 21.4 Å². The maximum Gasteiger partial charge on any atom is 0.132 e. The van der Waals surface area contributed by atoms with Gasteiger partial charge in [0, 0.05) is 10.1 Å². The van der Waals surface area contributed by atoms with Gasteiger partial charge in [-0.05, 0) is 36.1 Å². The molecule has 0 radical (unpaired) electrons. The lowest BCUT2D eigenvalue weighted by Gasteiger charge is -1.94. The third-order valence-electron chi connectivity index (χ3n) is 1.67. The largest absolute Gasteiger partial charge is 0.206 e. The van der Waals surface area contributed by atoms with Crippen LogP contribution in [0.3, 0.4) is 0 Å². The average Bonchev–Trinajstić information content (AvgIpc) is 2.55. The molecule has 0 N–H and O–H groups in total. The van der Waals surface area contributed by atoms with Gasteiger partial charge in [0.25, 0.3) is 0 Å². The molecule has 0 aliphatic carbocycles. The predicted molar refractivity (Wildman–Crippen MR) is 57.9 cm³/mol. The van der Waals surface area contributed by atoms with Gasteiger partial charge in [0.05, 0.1) is 0 Å². The molecule has 0 aliphatic rings. The fourth-order valence-corrected chi connectivity index (χ4v) is 2.05. The first-order valence-electron chi connectivity index (χ1n) is 4.41. The van der Waals surface area contributed by atoms with E-state index in [9.17, 15) is 4.39 Å². The Balaban J connectivity index is 0.000000396. The maximum absolute atomic E-state index is 13.1. The highest BCUT2D eigenvalue weighted by Crippen LogP contribution is 2.24.